The maximum atomic E-state index is 10.8. The van der Waals surface area contributed by atoms with Gasteiger partial charge in [-0.1, -0.05) is 0 Å². The van der Waals surface area contributed by atoms with Crippen LogP contribution in [-0.2, 0) is 13.9 Å². The number of carboxylic acids is 1. The third-order valence-electron chi connectivity index (χ3n) is 1.74. The Morgan fingerprint density at radius 2 is 1.43 bits per heavy atom. The molecule has 0 bridgehead atoms. The molecular weight excluding hydrogens is 238 g/mol. The Bertz CT molecular complexity index is 300. The van der Waals surface area contributed by atoms with E-state index >= 15 is 0 Å². The van der Waals surface area contributed by atoms with Crippen LogP contribution in [-0.4, -0.2) is 35.5 Å². The molecule has 0 radical (unpaired) electrons. The third kappa shape index (κ3) is 2.63. The molecule has 5 N–H and O–H groups in total. The number of hydrogen-bond acceptors (Lipinski definition) is 3. The van der Waals surface area contributed by atoms with Crippen LogP contribution in [0.15, 0.2) is 0 Å². The van der Waals surface area contributed by atoms with Gasteiger partial charge in [-0.25, -0.2) is 0 Å². The van der Waals surface area contributed by atoms with Crippen molar-refractivity contribution in [1.82, 2.24) is 0 Å². The first-order valence-corrected chi connectivity index (χ1v) is 6.47. The molecule has 0 aliphatic heterocycles. The second-order valence-corrected chi connectivity index (χ2v) is 7.38. The van der Waals surface area contributed by atoms with Gasteiger partial charge >= 0.3 is 21.2 Å². The van der Waals surface area contributed by atoms with Gasteiger partial charge in [-0.05, 0) is 6.92 Å². The molecular formula is C4H10O8P2. The van der Waals surface area contributed by atoms with Gasteiger partial charge in [0.1, 0.15) is 0 Å². The number of aliphatic carboxylic acids is 1. The van der Waals surface area contributed by atoms with E-state index in [4.69, 9.17) is 24.7 Å². The lowest BCUT2D eigenvalue weighted by molar-refractivity contribution is -0.137. The van der Waals surface area contributed by atoms with E-state index in [1.54, 1.807) is 0 Å². The molecule has 0 aliphatic carbocycles. The monoisotopic (exact) mass is 248 g/mol. The fourth-order valence-electron chi connectivity index (χ4n) is 0.662. The molecule has 0 fully saturated rings. The number of carboxylic acid groups (broad SMARTS) is 1. The van der Waals surface area contributed by atoms with Gasteiger partial charge in [-0.15, -0.1) is 0 Å². The van der Waals surface area contributed by atoms with Crippen molar-refractivity contribution in [2.45, 2.75) is 18.2 Å². The van der Waals surface area contributed by atoms with Gasteiger partial charge in [0.2, 0.25) is 0 Å². The molecule has 0 heterocycles. The minimum atomic E-state index is -5.21. The average Bonchev–Trinajstić information content (AvgIpc) is 1.79. The Labute approximate surface area is 78.9 Å². The molecule has 0 atom stereocenters. The minimum Gasteiger partial charge on any atom is -0.481 e. The van der Waals surface area contributed by atoms with E-state index in [1.807, 2.05) is 0 Å². The van der Waals surface area contributed by atoms with Gasteiger partial charge in [0.25, 0.3) is 0 Å². The van der Waals surface area contributed by atoms with E-state index in [1.165, 1.54) is 0 Å². The van der Waals surface area contributed by atoms with Gasteiger partial charge in [0.05, 0.1) is 6.42 Å². The summed E-state index contributed by atoms with van der Waals surface area (Å²) in [6.45, 7) is 0.544. The van der Waals surface area contributed by atoms with E-state index < -0.39 is 32.5 Å². The molecule has 0 rings (SSSR count). The molecule has 10 heteroatoms. The first-order valence-electron chi connectivity index (χ1n) is 3.25. The summed E-state index contributed by atoms with van der Waals surface area (Å²) in [6, 6.07) is 0. The highest BCUT2D eigenvalue weighted by Crippen LogP contribution is 2.70. The van der Waals surface area contributed by atoms with Crippen molar-refractivity contribution < 1.29 is 38.6 Å². The molecule has 0 spiro atoms. The Morgan fingerprint density at radius 1 is 1.14 bits per heavy atom. The highest BCUT2D eigenvalue weighted by molar-refractivity contribution is 7.72. The van der Waals surface area contributed by atoms with Crippen LogP contribution < -0.4 is 0 Å². The van der Waals surface area contributed by atoms with Crippen LogP contribution in [0.1, 0.15) is 13.3 Å². The molecule has 0 aliphatic rings. The zero-order valence-corrected chi connectivity index (χ0v) is 8.85. The van der Waals surface area contributed by atoms with Crippen LogP contribution in [0.2, 0.25) is 0 Å². The van der Waals surface area contributed by atoms with E-state index in [0.717, 1.165) is 0 Å². The van der Waals surface area contributed by atoms with Gasteiger partial charge in [0, 0.05) is 0 Å². The van der Waals surface area contributed by atoms with Gasteiger partial charge in [0.15, 0.2) is 4.90 Å². The molecule has 0 amide bonds. The molecule has 84 valence electrons. The fourth-order valence-corrected chi connectivity index (χ4v) is 2.70. The van der Waals surface area contributed by atoms with Crippen LogP contribution in [0.25, 0.3) is 0 Å². The highest BCUT2D eigenvalue weighted by Gasteiger charge is 2.57. The number of carbonyl (C=O) groups is 1. The summed E-state index contributed by atoms with van der Waals surface area (Å²) in [4.78, 5) is 42.1. The quantitative estimate of drug-likeness (QED) is 0.418. The van der Waals surface area contributed by atoms with E-state index in [0.29, 0.717) is 6.92 Å². The molecule has 14 heavy (non-hydrogen) atoms. The Kier molecular flexibility index (Phi) is 3.67. The molecule has 8 nitrogen and oxygen atoms in total. The summed E-state index contributed by atoms with van der Waals surface area (Å²) in [5.74, 6) is -1.70. The van der Waals surface area contributed by atoms with Crippen LogP contribution in [0, 0.1) is 0 Å². The van der Waals surface area contributed by atoms with Crippen molar-refractivity contribution in [3.05, 3.63) is 0 Å². The standard InChI is InChI=1S/C4H10O8P2/c1-4(2-3(5)6,13(7,8)9)14(10,11)12/h2H2,1H3,(H,5,6)(H2,7,8,9)(H2,10,11,12). The maximum absolute atomic E-state index is 10.8. The summed E-state index contributed by atoms with van der Waals surface area (Å²) in [6.07, 6.45) is -1.30. The van der Waals surface area contributed by atoms with Crippen molar-refractivity contribution in [2.75, 3.05) is 0 Å². The first-order chi connectivity index (χ1) is 5.92. The lowest BCUT2D eigenvalue weighted by atomic mass is 10.3. The predicted octanol–water partition coefficient (Wildman–Crippen LogP) is -0.467. The van der Waals surface area contributed by atoms with Gasteiger partial charge in [-0.2, -0.15) is 0 Å². The molecule has 0 aromatic carbocycles. The van der Waals surface area contributed by atoms with Crippen LogP contribution in [0.3, 0.4) is 0 Å². The molecule has 0 aromatic heterocycles. The smallest absolute Gasteiger partial charge is 0.344 e. The summed E-state index contributed by atoms with van der Waals surface area (Å²) < 4.78 is 21.5. The topological polar surface area (TPSA) is 152 Å². The maximum Gasteiger partial charge on any atom is 0.344 e. The summed E-state index contributed by atoms with van der Waals surface area (Å²) >= 11 is 0. The molecule has 0 unspecified atom stereocenters. The zero-order chi connectivity index (χ0) is 11.8. The third-order valence-corrected chi connectivity index (χ3v) is 6.13. The lowest BCUT2D eigenvalue weighted by Crippen LogP contribution is -2.28. The second kappa shape index (κ2) is 3.73. The Balaban J connectivity index is 5.41. The van der Waals surface area contributed by atoms with E-state index in [9.17, 15) is 13.9 Å². The number of hydrogen-bond donors (Lipinski definition) is 5. The van der Waals surface area contributed by atoms with Crippen LogP contribution in [0.4, 0.5) is 0 Å². The Morgan fingerprint density at radius 3 is 1.50 bits per heavy atom. The predicted molar refractivity (Wildman–Crippen MR) is 44.7 cm³/mol. The molecule has 0 aromatic rings. The second-order valence-electron chi connectivity index (χ2n) is 2.88. The zero-order valence-electron chi connectivity index (χ0n) is 7.06. The summed E-state index contributed by atoms with van der Waals surface area (Å²) in [5, 5.41) is 8.29. The van der Waals surface area contributed by atoms with Crippen molar-refractivity contribution in [3.63, 3.8) is 0 Å². The summed E-state index contributed by atoms with van der Waals surface area (Å²) in [5.41, 5.74) is 0. The largest absolute Gasteiger partial charge is 0.481 e. The van der Waals surface area contributed by atoms with Crippen molar-refractivity contribution >= 4 is 21.2 Å². The fraction of sp³-hybridized carbons (Fsp3) is 0.750. The minimum absolute atomic E-state index is 0.544. The summed E-state index contributed by atoms with van der Waals surface area (Å²) in [7, 11) is -10.4. The van der Waals surface area contributed by atoms with Gasteiger partial charge in [-0.3, -0.25) is 13.9 Å². The molecule has 0 saturated heterocycles. The van der Waals surface area contributed by atoms with Crippen molar-refractivity contribution in [3.8, 4) is 0 Å². The van der Waals surface area contributed by atoms with Crippen LogP contribution in [0.5, 0.6) is 0 Å². The molecule has 0 saturated carbocycles. The number of rotatable bonds is 4. The van der Waals surface area contributed by atoms with E-state index in [2.05, 4.69) is 0 Å². The highest BCUT2D eigenvalue weighted by atomic mass is 31.2. The van der Waals surface area contributed by atoms with Crippen LogP contribution >= 0.6 is 15.2 Å². The van der Waals surface area contributed by atoms with E-state index in [-0.39, 0.29) is 0 Å². The Hall–Kier alpha value is -0.230. The average molecular weight is 248 g/mol. The SMILES string of the molecule is CC(CC(=O)O)(P(=O)(O)O)P(=O)(O)O. The van der Waals surface area contributed by atoms with Gasteiger partial charge < -0.3 is 24.7 Å². The normalized spacial score (nSPS) is 14.1. The van der Waals surface area contributed by atoms with Crippen molar-refractivity contribution in [1.29, 1.82) is 0 Å². The van der Waals surface area contributed by atoms with Crippen molar-refractivity contribution in [2.24, 2.45) is 0 Å². The lowest BCUT2D eigenvalue weighted by Gasteiger charge is -2.28. The first kappa shape index (κ1) is 13.8.